The van der Waals surface area contributed by atoms with E-state index in [1.54, 1.807) is 18.4 Å². The zero-order valence-corrected chi connectivity index (χ0v) is 18.9. The second kappa shape index (κ2) is 10.1. The van der Waals surface area contributed by atoms with Crippen molar-refractivity contribution in [2.24, 2.45) is 4.99 Å². The lowest BCUT2D eigenvalue weighted by atomic mass is 9.99. The summed E-state index contributed by atoms with van der Waals surface area (Å²) in [6.07, 6.45) is 5.40. The summed E-state index contributed by atoms with van der Waals surface area (Å²) in [7, 11) is 3.97. The number of anilines is 1. The van der Waals surface area contributed by atoms with Gasteiger partial charge in [-0.15, -0.1) is 35.3 Å². The average molecular weight is 485 g/mol. The number of thiazole rings is 1. The number of halogens is 1. The lowest BCUT2D eigenvalue weighted by molar-refractivity contribution is 0.740. The molecule has 0 radical (unpaired) electrons. The number of aromatic nitrogens is 1. The molecule has 0 amide bonds. The quantitative estimate of drug-likeness (QED) is 0.387. The first-order chi connectivity index (χ1) is 12.2. The van der Waals surface area contributed by atoms with Crippen molar-refractivity contribution < 1.29 is 0 Å². The minimum absolute atomic E-state index is 0. The van der Waals surface area contributed by atoms with E-state index in [-0.39, 0.29) is 24.0 Å². The molecule has 142 valence electrons. The van der Waals surface area contributed by atoms with Crippen molar-refractivity contribution in [1.29, 1.82) is 0 Å². The maximum Gasteiger partial charge on any atom is 0.191 e. The second-order valence-electron chi connectivity index (χ2n) is 6.34. The summed E-state index contributed by atoms with van der Waals surface area (Å²) in [6, 6.07) is 6.76. The third-order valence-electron chi connectivity index (χ3n) is 4.54. The summed E-state index contributed by atoms with van der Waals surface area (Å²) in [5.74, 6) is 0.808. The molecule has 1 aliphatic rings. The van der Waals surface area contributed by atoms with E-state index in [1.807, 2.05) is 6.20 Å². The van der Waals surface area contributed by atoms with Crippen LogP contribution < -0.4 is 15.5 Å². The maximum atomic E-state index is 4.44. The van der Waals surface area contributed by atoms with Crippen LogP contribution in [-0.4, -0.2) is 31.6 Å². The van der Waals surface area contributed by atoms with Crippen molar-refractivity contribution in [1.82, 2.24) is 15.6 Å². The smallest absolute Gasteiger partial charge is 0.191 e. The third kappa shape index (κ3) is 5.33. The highest BCUT2D eigenvalue weighted by molar-refractivity contribution is 14.0. The number of rotatable bonds is 5. The predicted octanol–water partition coefficient (Wildman–Crippen LogP) is 3.57. The van der Waals surface area contributed by atoms with Gasteiger partial charge in [0, 0.05) is 43.9 Å². The molecular formula is C19H28IN5S. The first-order valence-corrected chi connectivity index (χ1v) is 9.72. The van der Waals surface area contributed by atoms with Gasteiger partial charge in [-0.25, -0.2) is 4.98 Å². The van der Waals surface area contributed by atoms with Gasteiger partial charge in [-0.05, 0) is 36.5 Å². The fraction of sp³-hybridized carbons (Fsp3) is 0.474. The van der Waals surface area contributed by atoms with Gasteiger partial charge in [-0.3, -0.25) is 4.99 Å². The second-order valence-corrected chi connectivity index (χ2v) is 7.54. The Morgan fingerprint density at radius 1 is 1.31 bits per heavy atom. The van der Waals surface area contributed by atoms with E-state index in [1.165, 1.54) is 34.5 Å². The number of guanidine groups is 1. The standard InChI is InChI=1S/C19H27N5S.HI/c1-4-16-12-21-18(25-16)13-23-19(20-2)22-11-14-7-8-17-15(10-14)6-5-9-24(17)3;/h7-8,10,12H,4-6,9,11,13H2,1-3H3,(H2,20,22,23);1H. The number of nitrogens with one attached hydrogen (secondary N) is 2. The lowest BCUT2D eigenvalue weighted by Crippen LogP contribution is -2.36. The summed E-state index contributed by atoms with van der Waals surface area (Å²) in [5, 5.41) is 7.83. The van der Waals surface area contributed by atoms with Crippen LogP contribution in [0.25, 0.3) is 0 Å². The summed E-state index contributed by atoms with van der Waals surface area (Å²) in [4.78, 5) is 12.4. The van der Waals surface area contributed by atoms with Crippen LogP contribution in [-0.2, 0) is 25.9 Å². The van der Waals surface area contributed by atoms with Crippen LogP contribution >= 0.6 is 35.3 Å². The van der Waals surface area contributed by atoms with Gasteiger partial charge in [0.25, 0.3) is 0 Å². The monoisotopic (exact) mass is 485 g/mol. The first kappa shape index (κ1) is 21.0. The third-order valence-corrected chi connectivity index (χ3v) is 5.68. The van der Waals surface area contributed by atoms with Crippen LogP contribution in [0.15, 0.2) is 29.4 Å². The Balaban J connectivity index is 0.00000243. The van der Waals surface area contributed by atoms with Crippen molar-refractivity contribution in [3.8, 4) is 0 Å². The van der Waals surface area contributed by atoms with Gasteiger partial charge in [-0.1, -0.05) is 19.1 Å². The summed E-state index contributed by atoms with van der Waals surface area (Å²) >= 11 is 1.75. The summed E-state index contributed by atoms with van der Waals surface area (Å²) in [5.41, 5.74) is 4.11. The number of nitrogens with zero attached hydrogens (tertiary/aromatic N) is 3. The molecule has 0 unspecified atom stereocenters. The van der Waals surface area contributed by atoms with Crippen LogP contribution in [0.3, 0.4) is 0 Å². The van der Waals surface area contributed by atoms with Crippen molar-refractivity contribution in [2.75, 3.05) is 25.5 Å². The molecule has 5 nitrogen and oxygen atoms in total. The van der Waals surface area contributed by atoms with Crippen molar-refractivity contribution in [3.05, 3.63) is 45.4 Å². The number of aryl methyl sites for hydroxylation is 2. The Labute approximate surface area is 177 Å². The number of hydrogen-bond donors (Lipinski definition) is 2. The van der Waals surface area contributed by atoms with Crippen LogP contribution in [0, 0.1) is 0 Å². The predicted molar refractivity (Wildman–Crippen MR) is 122 cm³/mol. The molecule has 0 saturated carbocycles. The average Bonchev–Trinajstić information content (AvgIpc) is 3.10. The Morgan fingerprint density at radius 2 is 2.12 bits per heavy atom. The molecule has 1 aliphatic heterocycles. The number of fused-ring (bicyclic) bond motifs is 1. The van der Waals surface area contributed by atoms with Gasteiger partial charge in [0.2, 0.25) is 0 Å². The van der Waals surface area contributed by atoms with Gasteiger partial charge >= 0.3 is 0 Å². The molecular weight excluding hydrogens is 457 g/mol. The Morgan fingerprint density at radius 3 is 2.85 bits per heavy atom. The van der Waals surface area contributed by atoms with Crippen molar-refractivity contribution in [2.45, 2.75) is 39.3 Å². The van der Waals surface area contributed by atoms with E-state index in [0.29, 0.717) is 6.54 Å². The lowest BCUT2D eigenvalue weighted by Gasteiger charge is -2.28. The Bertz CT molecular complexity index is 743. The molecule has 26 heavy (non-hydrogen) atoms. The zero-order valence-electron chi connectivity index (χ0n) is 15.7. The van der Waals surface area contributed by atoms with E-state index in [9.17, 15) is 0 Å². The number of benzene rings is 1. The minimum Gasteiger partial charge on any atom is -0.374 e. The van der Waals surface area contributed by atoms with Gasteiger partial charge in [0.1, 0.15) is 5.01 Å². The molecule has 0 saturated heterocycles. The first-order valence-electron chi connectivity index (χ1n) is 8.90. The normalized spacial score (nSPS) is 13.8. The van der Waals surface area contributed by atoms with Crippen LogP contribution in [0.4, 0.5) is 5.69 Å². The summed E-state index contributed by atoms with van der Waals surface area (Å²) < 4.78 is 0. The highest BCUT2D eigenvalue weighted by Crippen LogP contribution is 2.26. The molecule has 0 bridgehead atoms. The topological polar surface area (TPSA) is 52.6 Å². The highest BCUT2D eigenvalue weighted by atomic mass is 127. The van der Waals surface area contributed by atoms with Gasteiger partial charge in [0.15, 0.2) is 5.96 Å². The maximum absolute atomic E-state index is 4.44. The van der Waals surface area contributed by atoms with E-state index >= 15 is 0 Å². The Hall–Kier alpha value is -1.35. The SMILES string of the molecule is CCc1cnc(CNC(=NC)NCc2ccc3c(c2)CCCN3C)s1.I. The molecule has 3 rings (SSSR count). The molecule has 7 heteroatoms. The molecule has 0 spiro atoms. The molecule has 0 aliphatic carbocycles. The van der Waals surface area contributed by atoms with Crippen molar-refractivity contribution in [3.63, 3.8) is 0 Å². The molecule has 2 heterocycles. The van der Waals surface area contributed by atoms with Gasteiger partial charge in [0.05, 0.1) is 6.54 Å². The summed E-state index contributed by atoms with van der Waals surface area (Å²) in [6.45, 7) is 4.78. The fourth-order valence-corrected chi connectivity index (χ4v) is 3.91. The molecule has 2 aromatic rings. The molecule has 1 aromatic carbocycles. The number of hydrogen-bond acceptors (Lipinski definition) is 4. The van der Waals surface area contributed by atoms with E-state index in [2.05, 4.69) is 57.7 Å². The largest absolute Gasteiger partial charge is 0.374 e. The Kier molecular flexibility index (Phi) is 8.15. The molecule has 0 atom stereocenters. The van der Waals surface area contributed by atoms with Gasteiger partial charge in [-0.2, -0.15) is 0 Å². The van der Waals surface area contributed by atoms with Crippen LogP contribution in [0.5, 0.6) is 0 Å². The molecule has 2 N–H and O–H groups in total. The van der Waals surface area contributed by atoms with E-state index < -0.39 is 0 Å². The molecule has 1 aromatic heterocycles. The fourth-order valence-electron chi connectivity index (χ4n) is 3.11. The number of aliphatic imine (C=N–C) groups is 1. The van der Waals surface area contributed by atoms with Gasteiger partial charge < -0.3 is 15.5 Å². The zero-order chi connectivity index (χ0) is 17.6. The minimum atomic E-state index is 0. The van der Waals surface area contributed by atoms with Crippen LogP contribution in [0.2, 0.25) is 0 Å². The van der Waals surface area contributed by atoms with E-state index in [0.717, 1.165) is 30.5 Å². The highest BCUT2D eigenvalue weighted by Gasteiger charge is 2.13. The molecule has 0 fully saturated rings. The van der Waals surface area contributed by atoms with E-state index in [4.69, 9.17) is 0 Å². The van der Waals surface area contributed by atoms with Crippen LogP contribution in [0.1, 0.15) is 34.4 Å². The van der Waals surface area contributed by atoms with Crippen molar-refractivity contribution >= 4 is 47.0 Å².